The number of nitro benzene ring substituents is 1. The number of fused-ring (bicyclic) bond motifs is 2. The molecule has 0 saturated heterocycles. The predicted octanol–water partition coefficient (Wildman–Crippen LogP) is 2.06. The molecule has 7 nitrogen and oxygen atoms in total. The number of non-ortho nitro benzene ring substituents is 1. The maximum atomic E-state index is 12.4. The first kappa shape index (κ1) is 14.2. The quantitative estimate of drug-likeness (QED) is 0.502. The molecule has 2 N–H and O–H groups in total. The van der Waals surface area contributed by atoms with E-state index in [1.165, 1.54) is 24.3 Å². The van der Waals surface area contributed by atoms with Gasteiger partial charge in [-0.05, 0) is 30.4 Å². The standard InChI is InChI=1S/C15H14N2O5/c18-14(16-10-3-5-11(6-4-10)17(21)22)12-8-1-2-9(7-8)13(12)15(19)20/h1-6,8-9,12-13H,7H2,(H,16,18)(H,19,20)/t8-,9+,12-,13+/m0/s1. The predicted molar refractivity (Wildman–Crippen MR) is 77.1 cm³/mol. The Kier molecular flexibility index (Phi) is 3.40. The van der Waals surface area contributed by atoms with E-state index >= 15 is 0 Å². The summed E-state index contributed by atoms with van der Waals surface area (Å²) in [6.07, 6.45) is 4.47. The Morgan fingerprint density at radius 1 is 1.14 bits per heavy atom. The Morgan fingerprint density at radius 2 is 1.73 bits per heavy atom. The lowest BCUT2D eigenvalue weighted by atomic mass is 9.82. The van der Waals surface area contributed by atoms with Gasteiger partial charge in [-0.25, -0.2) is 0 Å². The van der Waals surface area contributed by atoms with E-state index in [2.05, 4.69) is 5.32 Å². The van der Waals surface area contributed by atoms with Crippen molar-refractivity contribution in [2.24, 2.45) is 23.7 Å². The molecule has 1 amide bonds. The molecule has 1 aromatic carbocycles. The highest BCUT2D eigenvalue weighted by Crippen LogP contribution is 2.48. The number of anilines is 1. The van der Waals surface area contributed by atoms with Crippen LogP contribution in [-0.4, -0.2) is 21.9 Å². The number of hydrogen-bond acceptors (Lipinski definition) is 4. The number of carboxylic acids is 1. The number of hydrogen-bond donors (Lipinski definition) is 2. The molecule has 0 unspecified atom stereocenters. The van der Waals surface area contributed by atoms with E-state index in [0.717, 1.165) is 0 Å². The SMILES string of the molecule is O=C(Nc1ccc([N+](=O)[O-])cc1)[C@@H]1[C@H](C(=O)O)[C@@H]2C=C[C@H]1C2. The molecule has 114 valence electrons. The van der Waals surface area contributed by atoms with Crippen LogP contribution in [0.3, 0.4) is 0 Å². The van der Waals surface area contributed by atoms with E-state index in [1.807, 2.05) is 12.2 Å². The number of nitro groups is 1. The molecule has 4 atom stereocenters. The van der Waals surface area contributed by atoms with E-state index in [-0.39, 0.29) is 23.4 Å². The van der Waals surface area contributed by atoms with Gasteiger partial charge < -0.3 is 10.4 Å². The Bertz CT molecular complexity index is 667. The molecular weight excluding hydrogens is 288 g/mol. The van der Waals surface area contributed by atoms with Crippen LogP contribution in [-0.2, 0) is 9.59 Å². The molecule has 2 aliphatic rings. The number of carbonyl (C=O) groups is 2. The van der Waals surface area contributed by atoms with Crippen molar-refractivity contribution in [2.45, 2.75) is 6.42 Å². The summed E-state index contributed by atoms with van der Waals surface area (Å²) in [6, 6.07) is 5.47. The zero-order valence-electron chi connectivity index (χ0n) is 11.5. The summed E-state index contributed by atoms with van der Waals surface area (Å²) in [5.74, 6) is -2.74. The lowest BCUT2D eigenvalue weighted by molar-refractivity contribution is -0.384. The van der Waals surface area contributed by atoms with E-state index in [9.17, 15) is 24.8 Å². The largest absolute Gasteiger partial charge is 0.481 e. The van der Waals surface area contributed by atoms with Crippen molar-refractivity contribution in [1.29, 1.82) is 0 Å². The molecule has 3 rings (SSSR count). The molecule has 0 aromatic heterocycles. The third kappa shape index (κ3) is 2.34. The van der Waals surface area contributed by atoms with Crippen LogP contribution in [0.4, 0.5) is 11.4 Å². The first-order valence-electron chi connectivity index (χ1n) is 6.94. The van der Waals surface area contributed by atoms with Crippen molar-refractivity contribution in [3.63, 3.8) is 0 Å². The van der Waals surface area contributed by atoms with Gasteiger partial charge >= 0.3 is 5.97 Å². The zero-order chi connectivity index (χ0) is 15.9. The number of rotatable bonds is 4. The minimum Gasteiger partial charge on any atom is -0.481 e. The number of carbonyl (C=O) groups excluding carboxylic acids is 1. The van der Waals surface area contributed by atoms with Crippen LogP contribution in [0.15, 0.2) is 36.4 Å². The summed E-state index contributed by atoms with van der Waals surface area (Å²) in [5, 5.41) is 22.6. The Hall–Kier alpha value is -2.70. The van der Waals surface area contributed by atoms with Gasteiger partial charge in [-0.2, -0.15) is 0 Å². The van der Waals surface area contributed by atoms with Crippen LogP contribution >= 0.6 is 0 Å². The van der Waals surface area contributed by atoms with Crippen molar-refractivity contribution in [3.05, 3.63) is 46.5 Å². The highest BCUT2D eigenvalue weighted by molar-refractivity contribution is 5.96. The van der Waals surface area contributed by atoms with Gasteiger partial charge in [0.2, 0.25) is 5.91 Å². The third-order valence-corrected chi connectivity index (χ3v) is 4.39. The summed E-state index contributed by atoms with van der Waals surface area (Å²) < 4.78 is 0. The highest BCUT2D eigenvalue weighted by atomic mass is 16.6. The van der Waals surface area contributed by atoms with Crippen LogP contribution in [0.25, 0.3) is 0 Å². The lowest BCUT2D eigenvalue weighted by Gasteiger charge is -2.23. The molecule has 7 heteroatoms. The van der Waals surface area contributed by atoms with Gasteiger partial charge in [0.25, 0.3) is 5.69 Å². The van der Waals surface area contributed by atoms with Gasteiger partial charge in [-0.15, -0.1) is 0 Å². The highest BCUT2D eigenvalue weighted by Gasteiger charge is 2.51. The first-order valence-corrected chi connectivity index (χ1v) is 6.94. The molecule has 0 spiro atoms. The molecule has 0 aliphatic heterocycles. The minimum atomic E-state index is -0.958. The minimum absolute atomic E-state index is 0.0517. The fourth-order valence-corrected chi connectivity index (χ4v) is 3.41. The maximum Gasteiger partial charge on any atom is 0.307 e. The van der Waals surface area contributed by atoms with Crippen LogP contribution in [0.1, 0.15) is 6.42 Å². The average Bonchev–Trinajstić information content (AvgIpc) is 3.08. The van der Waals surface area contributed by atoms with Gasteiger partial charge in [0.1, 0.15) is 0 Å². The van der Waals surface area contributed by atoms with Crippen molar-refractivity contribution in [2.75, 3.05) is 5.32 Å². The van der Waals surface area contributed by atoms with E-state index in [1.54, 1.807) is 0 Å². The van der Waals surface area contributed by atoms with Gasteiger partial charge in [-0.3, -0.25) is 19.7 Å². The molecular formula is C15H14N2O5. The fourth-order valence-electron chi connectivity index (χ4n) is 3.41. The van der Waals surface area contributed by atoms with Crippen LogP contribution in [0.2, 0.25) is 0 Å². The summed E-state index contributed by atoms with van der Waals surface area (Å²) in [4.78, 5) is 33.9. The number of allylic oxidation sites excluding steroid dienone is 2. The molecule has 22 heavy (non-hydrogen) atoms. The molecule has 2 aliphatic carbocycles. The van der Waals surface area contributed by atoms with Gasteiger partial charge in [-0.1, -0.05) is 12.2 Å². The number of benzene rings is 1. The fraction of sp³-hybridized carbons (Fsp3) is 0.333. The molecule has 1 aromatic rings. The van der Waals surface area contributed by atoms with Gasteiger partial charge in [0, 0.05) is 17.8 Å². The number of amides is 1. The second kappa shape index (κ2) is 5.25. The van der Waals surface area contributed by atoms with Crippen molar-refractivity contribution in [1.82, 2.24) is 0 Å². The number of nitrogens with zero attached hydrogens (tertiary/aromatic N) is 1. The second-order valence-corrected chi connectivity index (χ2v) is 5.63. The van der Waals surface area contributed by atoms with Gasteiger partial charge in [0.15, 0.2) is 0 Å². The number of nitrogens with one attached hydrogen (secondary N) is 1. The van der Waals surface area contributed by atoms with Crippen LogP contribution in [0.5, 0.6) is 0 Å². The lowest BCUT2D eigenvalue weighted by Crippen LogP contribution is -2.36. The van der Waals surface area contributed by atoms with Crippen molar-refractivity contribution in [3.8, 4) is 0 Å². The van der Waals surface area contributed by atoms with Gasteiger partial charge in [0.05, 0.1) is 16.8 Å². The maximum absolute atomic E-state index is 12.4. The number of carboxylic acid groups (broad SMARTS) is 1. The van der Waals surface area contributed by atoms with Crippen molar-refractivity contribution >= 4 is 23.3 Å². The van der Waals surface area contributed by atoms with E-state index in [0.29, 0.717) is 12.1 Å². The van der Waals surface area contributed by atoms with E-state index < -0.39 is 22.7 Å². The monoisotopic (exact) mass is 302 g/mol. The Balaban J connectivity index is 1.75. The van der Waals surface area contributed by atoms with Crippen molar-refractivity contribution < 1.29 is 19.6 Å². The molecule has 0 radical (unpaired) electrons. The molecule has 1 fully saturated rings. The summed E-state index contributed by atoms with van der Waals surface area (Å²) >= 11 is 0. The summed E-state index contributed by atoms with van der Waals surface area (Å²) in [7, 11) is 0. The molecule has 2 bridgehead atoms. The molecule has 0 heterocycles. The Morgan fingerprint density at radius 3 is 2.27 bits per heavy atom. The first-order chi connectivity index (χ1) is 10.5. The molecule has 1 saturated carbocycles. The summed E-state index contributed by atoms with van der Waals surface area (Å²) in [6.45, 7) is 0. The number of aliphatic carboxylic acids is 1. The average molecular weight is 302 g/mol. The summed E-state index contributed by atoms with van der Waals surface area (Å²) in [5.41, 5.74) is 0.357. The zero-order valence-corrected chi connectivity index (χ0v) is 11.5. The Labute approximate surface area is 125 Å². The second-order valence-electron chi connectivity index (χ2n) is 5.63. The van der Waals surface area contributed by atoms with Crippen LogP contribution < -0.4 is 5.32 Å². The van der Waals surface area contributed by atoms with E-state index in [4.69, 9.17) is 0 Å². The van der Waals surface area contributed by atoms with Crippen LogP contribution in [0, 0.1) is 33.8 Å². The smallest absolute Gasteiger partial charge is 0.307 e. The normalized spacial score (nSPS) is 28.5. The third-order valence-electron chi connectivity index (χ3n) is 4.39. The topological polar surface area (TPSA) is 110 Å².